The van der Waals surface area contributed by atoms with Gasteiger partial charge in [-0.3, -0.25) is 9.35 Å². The highest BCUT2D eigenvalue weighted by Crippen LogP contribution is 2.67. The molecule has 0 saturated heterocycles. The number of rotatable bonds is 4. The molecular formula is C22H34O6S. The maximum atomic E-state index is 11.7. The van der Waals surface area contributed by atoms with Gasteiger partial charge in [0.25, 0.3) is 0 Å². The summed E-state index contributed by atoms with van der Waals surface area (Å²) < 4.78 is 36.2. The van der Waals surface area contributed by atoms with Crippen molar-refractivity contribution >= 4 is 16.4 Å². The average molecular weight is 427 g/mol. The van der Waals surface area contributed by atoms with Crippen LogP contribution < -0.4 is 0 Å². The van der Waals surface area contributed by atoms with E-state index in [1.54, 1.807) is 0 Å². The summed E-state index contributed by atoms with van der Waals surface area (Å²) in [6.45, 7) is 6.54. The Hall–Kier alpha value is -0.920. The molecule has 164 valence electrons. The van der Waals surface area contributed by atoms with Gasteiger partial charge >= 0.3 is 16.4 Å². The van der Waals surface area contributed by atoms with Crippen LogP contribution in [-0.2, 0) is 19.4 Å². The number of hydrogen-bond acceptors (Lipinski definition) is 4. The molecule has 0 spiro atoms. The summed E-state index contributed by atoms with van der Waals surface area (Å²) in [5, 5.41) is 9.60. The van der Waals surface area contributed by atoms with Gasteiger partial charge in [0.2, 0.25) is 0 Å². The number of allylic oxidation sites excluding steroid dienone is 1. The fourth-order valence-corrected chi connectivity index (χ4v) is 8.42. The van der Waals surface area contributed by atoms with Gasteiger partial charge in [0.1, 0.15) is 0 Å². The van der Waals surface area contributed by atoms with E-state index in [-0.39, 0.29) is 22.7 Å². The standard InChI is InChI=1S/C22H34O6S/c1-13(20(23)24)17-6-7-18-16-5-4-14-12-15(28-29(25,26)27)8-10-21(14,2)19(16)9-11-22(17,18)3/h4,13,15-19H,5-12H2,1-3H3,(H,23,24)(H,25,26,27)/t13-,15-,16-,17+,18-,19-,21-,22+/m0/s1. The molecule has 0 aromatic carbocycles. The van der Waals surface area contributed by atoms with E-state index >= 15 is 0 Å². The molecule has 3 fully saturated rings. The first kappa shape index (κ1) is 21.3. The minimum Gasteiger partial charge on any atom is -0.481 e. The summed E-state index contributed by atoms with van der Waals surface area (Å²) in [5.74, 6) is 0.991. The predicted molar refractivity (Wildman–Crippen MR) is 108 cm³/mol. The van der Waals surface area contributed by atoms with Crippen LogP contribution in [0.15, 0.2) is 11.6 Å². The van der Waals surface area contributed by atoms with E-state index in [2.05, 4.69) is 19.9 Å². The van der Waals surface area contributed by atoms with Crippen LogP contribution in [0.5, 0.6) is 0 Å². The second-order valence-electron chi connectivity index (χ2n) is 10.5. The van der Waals surface area contributed by atoms with Gasteiger partial charge in [0.15, 0.2) is 0 Å². The predicted octanol–water partition coefficient (Wildman–Crippen LogP) is 4.47. The Bertz CT molecular complexity index is 819. The minimum absolute atomic E-state index is 0.0554. The second-order valence-corrected chi connectivity index (χ2v) is 11.6. The largest absolute Gasteiger partial charge is 0.481 e. The molecule has 4 aliphatic rings. The Labute approximate surface area is 174 Å². The fraction of sp³-hybridized carbons (Fsp3) is 0.864. The second kappa shape index (κ2) is 7.06. The van der Waals surface area contributed by atoms with Gasteiger partial charge in [-0.15, -0.1) is 0 Å². The zero-order chi connectivity index (χ0) is 21.2. The third-order valence-electron chi connectivity index (χ3n) is 9.38. The van der Waals surface area contributed by atoms with E-state index in [9.17, 15) is 18.3 Å². The van der Waals surface area contributed by atoms with Crippen LogP contribution in [0.25, 0.3) is 0 Å². The topological polar surface area (TPSA) is 101 Å². The fourth-order valence-electron chi connectivity index (χ4n) is 7.92. The number of carbonyl (C=O) groups is 1. The van der Waals surface area contributed by atoms with Gasteiger partial charge in [-0.2, -0.15) is 8.42 Å². The lowest BCUT2D eigenvalue weighted by molar-refractivity contribution is -0.146. The first-order valence-electron chi connectivity index (χ1n) is 11.0. The Kier molecular flexibility index (Phi) is 5.19. The summed E-state index contributed by atoms with van der Waals surface area (Å²) in [7, 11) is -4.42. The molecule has 3 saturated carbocycles. The number of hydrogen-bond donors (Lipinski definition) is 2. The van der Waals surface area contributed by atoms with Crippen LogP contribution in [0.4, 0.5) is 0 Å². The van der Waals surface area contributed by atoms with E-state index in [4.69, 9.17) is 8.74 Å². The smallest absolute Gasteiger partial charge is 0.397 e. The van der Waals surface area contributed by atoms with Crippen LogP contribution >= 0.6 is 0 Å². The van der Waals surface area contributed by atoms with E-state index in [0.29, 0.717) is 30.6 Å². The summed E-state index contributed by atoms with van der Waals surface area (Å²) in [6.07, 6.45) is 9.22. The third kappa shape index (κ3) is 3.47. The van der Waals surface area contributed by atoms with Crippen LogP contribution in [-0.4, -0.2) is 30.2 Å². The molecule has 0 aliphatic heterocycles. The maximum Gasteiger partial charge on any atom is 0.397 e. The lowest BCUT2D eigenvalue weighted by atomic mass is 9.47. The summed E-state index contributed by atoms with van der Waals surface area (Å²) in [5.41, 5.74) is 1.45. The summed E-state index contributed by atoms with van der Waals surface area (Å²) >= 11 is 0. The molecule has 0 aromatic rings. The van der Waals surface area contributed by atoms with Crippen molar-refractivity contribution in [2.24, 2.45) is 40.4 Å². The van der Waals surface area contributed by atoms with Crippen LogP contribution in [0.2, 0.25) is 0 Å². The normalized spacial score (nSPS) is 45.5. The molecule has 0 heterocycles. The monoisotopic (exact) mass is 426 g/mol. The van der Waals surface area contributed by atoms with Crippen molar-refractivity contribution in [1.82, 2.24) is 0 Å². The lowest BCUT2D eigenvalue weighted by Gasteiger charge is -2.58. The van der Waals surface area contributed by atoms with Gasteiger partial charge in [-0.05, 0) is 85.9 Å². The maximum absolute atomic E-state index is 11.7. The lowest BCUT2D eigenvalue weighted by Crippen LogP contribution is -2.51. The quantitative estimate of drug-likeness (QED) is 0.508. The van der Waals surface area contributed by atoms with Gasteiger partial charge in [0, 0.05) is 0 Å². The van der Waals surface area contributed by atoms with Gasteiger partial charge in [-0.25, -0.2) is 4.18 Å². The zero-order valence-corrected chi connectivity index (χ0v) is 18.5. The van der Waals surface area contributed by atoms with Crippen molar-refractivity contribution in [3.05, 3.63) is 11.6 Å². The highest BCUT2D eigenvalue weighted by Gasteiger charge is 2.59. The van der Waals surface area contributed by atoms with Crippen LogP contribution in [0.1, 0.15) is 72.1 Å². The molecule has 8 atom stereocenters. The van der Waals surface area contributed by atoms with Crippen molar-refractivity contribution in [3.8, 4) is 0 Å². The molecule has 0 aromatic heterocycles. The molecule has 7 heteroatoms. The Morgan fingerprint density at radius 2 is 1.90 bits per heavy atom. The first-order chi connectivity index (χ1) is 13.5. The molecule has 4 aliphatic carbocycles. The molecule has 2 N–H and O–H groups in total. The average Bonchev–Trinajstić information content (AvgIpc) is 2.97. The van der Waals surface area contributed by atoms with Crippen LogP contribution in [0.3, 0.4) is 0 Å². The highest BCUT2D eigenvalue weighted by molar-refractivity contribution is 7.80. The van der Waals surface area contributed by atoms with Crippen molar-refractivity contribution in [2.45, 2.75) is 78.2 Å². The van der Waals surface area contributed by atoms with Crippen molar-refractivity contribution in [1.29, 1.82) is 0 Å². The molecule has 6 nitrogen and oxygen atoms in total. The minimum atomic E-state index is -4.42. The molecule has 0 radical (unpaired) electrons. The number of carboxylic acid groups (broad SMARTS) is 1. The Balaban J connectivity index is 1.57. The first-order valence-corrected chi connectivity index (χ1v) is 12.4. The molecule has 0 bridgehead atoms. The molecule has 29 heavy (non-hydrogen) atoms. The molecule has 0 unspecified atom stereocenters. The number of carboxylic acids is 1. The molecule has 4 rings (SSSR count). The Morgan fingerprint density at radius 3 is 2.55 bits per heavy atom. The summed E-state index contributed by atoms with van der Waals surface area (Å²) in [6, 6.07) is 0. The van der Waals surface area contributed by atoms with E-state index in [1.165, 1.54) is 5.57 Å². The molecule has 0 amide bonds. The van der Waals surface area contributed by atoms with Crippen molar-refractivity contribution in [3.63, 3.8) is 0 Å². The van der Waals surface area contributed by atoms with Crippen LogP contribution in [0, 0.1) is 40.4 Å². The summed E-state index contributed by atoms with van der Waals surface area (Å²) in [4.78, 5) is 11.7. The third-order valence-corrected chi connectivity index (χ3v) is 9.90. The highest BCUT2D eigenvalue weighted by atomic mass is 32.3. The molecular weight excluding hydrogens is 392 g/mol. The SMILES string of the molecule is C[C@H](C(=O)O)[C@H]1CC[C@H]2[C@@H]3CC=C4C[C@@H](OS(=O)(=O)O)CC[C@]4(C)[C@H]3CC[C@]12C. The van der Waals surface area contributed by atoms with E-state index < -0.39 is 22.5 Å². The number of aliphatic carboxylic acids is 1. The number of fused-ring (bicyclic) bond motifs is 5. The van der Waals surface area contributed by atoms with E-state index in [1.807, 2.05) is 6.92 Å². The van der Waals surface area contributed by atoms with Gasteiger partial charge in [0.05, 0.1) is 12.0 Å². The van der Waals surface area contributed by atoms with E-state index in [0.717, 1.165) is 38.5 Å². The zero-order valence-electron chi connectivity index (χ0n) is 17.6. The Morgan fingerprint density at radius 1 is 1.17 bits per heavy atom. The van der Waals surface area contributed by atoms with Gasteiger partial charge < -0.3 is 5.11 Å². The van der Waals surface area contributed by atoms with Gasteiger partial charge in [-0.1, -0.05) is 32.4 Å². The van der Waals surface area contributed by atoms with Crippen molar-refractivity contribution in [2.75, 3.05) is 0 Å². The van der Waals surface area contributed by atoms with Crippen molar-refractivity contribution < 1.29 is 27.1 Å².